The summed E-state index contributed by atoms with van der Waals surface area (Å²) in [5.41, 5.74) is 0. The fraction of sp³-hybridized carbons (Fsp3) is 0.706. The molecule has 0 aromatic heterocycles. The summed E-state index contributed by atoms with van der Waals surface area (Å²) in [6, 6.07) is -0.734. The lowest BCUT2D eigenvalue weighted by molar-refractivity contribution is -0.889. The topological polar surface area (TPSA) is 102 Å². The maximum atomic E-state index is 12.7. The summed E-state index contributed by atoms with van der Waals surface area (Å²) in [5, 5.41) is 11.6. The predicted molar refractivity (Wildman–Crippen MR) is 245 cm³/mol. The van der Waals surface area contributed by atoms with E-state index in [1.165, 1.54) is 83.5 Å². The van der Waals surface area contributed by atoms with Gasteiger partial charge >= 0.3 is 11.9 Å². The molecule has 2 unspecified atom stereocenters. The standard InChI is InChI=1S/C51H87NO7/c1-6-8-10-12-14-16-18-20-22-23-24-25-26-28-29-31-33-35-37-39-41-49(53)58-46-47(45-57-44-43-48(51(55)56)52(3,4)5)59-50(54)42-40-38-36-34-32-30-27-21-19-17-15-13-11-9-7-2/h9,11,13,15-22,27,47-48H,6-8,10,12,14,23-26,28-46H2,1-5H3/b11-9+,15-13+,18-16+,19-17+,22-20+,27-21+. The third-order valence-corrected chi connectivity index (χ3v) is 10.2. The molecule has 0 radical (unpaired) electrons. The second-order valence-electron chi connectivity index (χ2n) is 16.7. The van der Waals surface area contributed by atoms with Gasteiger partial charge in [0.15, 0.2) is 6.10 Å². The lowest BCUT2D eigenvalue weighted by atomic mass is 10.1. The highest BCUT2D eigenvalue weighted by atomic mass is 16.6. The first kappa shape index (κ1) is 55.8. The van der Waals surface area contributed by atoms with E-state index >= 15 is 0 Å². The lowest BCUT2D eigenvalue weighted by Gasteiger charge is -2.34. The minimum atomic E-state index is -1.13. The molecule has 8 heteroatoms. The van der Waals surface area contributed by atoms with Crippen molar-refractivity contribution in [2.24, 2.45) is 0 Å². The fourth-order valence-corrected chi connectivity index (χ4v) is 6.54. The van der Waals surface area contributed by atoms with Gasteiger partial charge in [0.2, 0.25) is 0 Å². The molecule has 0 aliphatic carbocycles. The molecule has 338 valence electrons. The molecule has 0 bridgehead atoms. The van der Waals surface area contributed by atoms with Crippen LogP contribution in [0.15, 0.2) is 72.9 Å². The van der Waals surface area contributed by atoms with Crippen LogP contribution in [0.4, 0.5) is 0 Å². The van der Waals surface area contributed by atoms with Crippen LogP contribution in [0, 0.1) is 0 Å². The van der Waals surface area contributed by atoms with Gasteiger partial charge in [-0.05, 0) is 57.8 Å². The van der Waals surface area contributed by atoms with E-state index in [9.17, 15) is 19.5 Å². The van der Waals surface area contributed by atoms with E-state index in [-0.39, 0.29) is 42.7 Å². The molecule has 0 aromatic carbocycles. The highest BCUT2D eigenvalue weighted by Gasteiger charge is 2.25. The number of carbonyl (C=O) groups excluding carboxylic acids is 3. The van der Waals surface area contributed by atoms with Crippen molar-refractivity contribution >= 4 is 17.9 Å². The van der Waals surface area contributed by atoms with Crippen molar-refractivity contribution < 1.29 is 38.2 Å². The molecule has 0 rings (SSSR count). The fourth-order valence-electron chi connectivity index (χ4n) is 6.54. The van der Waals surface area contributed by atoms with Crippen LogP contribution in [-0.4, -0.2) is 75.5 Å². The highest BCUT2D eigenvalue weighted by Crippen LogP contribution is 2.14. The summed E-state index contributed by atoms with van der Waals surface area (Å²) < 4.78 is 17.2. The first-order valence-corrected chi connectivity index (χ1v) is 23.5. The van der Waals surface area contributed by atoms with Gasteiger partial charge in [0.1, 0.15) is 12.6 Å². The number of rotatable bonds is 41. The summed E-state index contributed by atoms with van der Waals surface area (Å²) in [6.45, 7) is 4.47. The van der Waals surface area contributed by atoms with Gasteiger partial charge in [-0.3, -0.25) is 9.59 Å². The Morgan fingerprint density at radius 1 is 0.525 bits per heavy atom. The van der Waals surface area contributed by atoms with Gasteiger partial charge < -0.3 is 28.6 Å². The summed E-state index contributed by atoms with van der Waals surface area (Å²) in [5.74, 6) is -1.78. The van der Waals surface area contributed by atoms with Gasteiger partial charge in [0, 0.05) is 19.3 Å². The number of hydrogen-bond donors (Lipinski definition) is 0. The molecule has 59 heavy (non-hydrogen) atoms. The van der Waals surface area contributed by atoms with Crippen LogP contribution in [0.5, 0.6) is 0 Å². The molecular formula is C51H87NO7. The molecule has 0 aliphatic rings. The summed E-state index contributed by atoms with van der Waals surface area (Å²) in [7, 11) is 5.39. The Kier molecular flexibility index (Phi) is 39.2. The minimum absolute atomic E-state index is 0.0266. The molecular weight excluding hydrogens is 739 g/mol. The van der Waals surface area contributed by atoms with Gasteiger partial charge in [-0.2, -0.15) is 0 Å². The molecule has 0 N–H and O–H groups in total. The van der Waals surface area contributed by atoms with Crippen molar-refractivity contribution in [3.05, 3.63) is 72.9 Å². The molecule has 0 aliphatic heterocycles. The second kappa shape index (κ2) is 41.5. The Morgan fingerprint density at radius 3 is 1.42 bits per heavy atom. The Labute approximate surface area is 361 Å². The van der Waals surface area contributed by atoms with Crippen LogP contribution in [0.1, 0.15) is 181 Å². The minimum Gasteiger partial charge on any atom is -0.544 e. The quantitative estimate of drug-likeness (QED) is 0.0262. The summed E-state index contributed by atoms with van der Waals surface area (Å²) in [4.78, 5) is 36.9. The van der Waals surface area contributed by atoms with Crippen molar-refractivity contribution in [3.63, 3.8) is 0 Å². The average molecular weight is 826 g/mol. The van der Waals surface area contributed by atoms with Crippen LogP contribution < -0.4 is 5.11 Å². The second-order valence-corrected chi connectivity index (χ2v) is 16.7. The average Bonchev–Trinajstić information content (AvgIpc) is 3.19. The Bertz CT molecular complexity index is 1190. The van der Waals surface area contributed by atoms with Crippen molar-refractivity contribution in [3.8, 4) is 0 Å². The number of carboxylic acids is 1. The van der Waals surface area contributed by atoms with Gasteiger partial charge in [-0.1, -0.05) is 177 Å². The third-order valence-electron chi connectivity index (χ3n) is 10.2. The highest BCUT2D eigenvalue weighted by molar-refractivity contribution is 5.70. The molecule has 0 fully saturated rings. The van der Waals surface area contributed by atoms with E-state index in [1.54, 1.807) is 21.1 Å². The van der Waals surface area contributed by atoms with Gasteiger partial charge in [0.05, 0.1) is 40.3 Å². The van der Waals surface area contributed by atoms with Gasteiger partial charge in [0.25, 0.3) is 0 Å². The van der Waals surface area contributed by atoms with Gasteiger partial charge in [-0.25, -0.2) is 0 Å². The number of ether oxygens (including phenoxy) is 3. The molecule has 8 nitrogen and oxygen atoms in total. The normalized spacial score (nSPS) is 13.6. The van der Waals surface area contributed by atoms with E-state index in [0.717, 1.165) is 64.2 Å². The first-order chi connectivity index (χ1) is 28.6. The van der Waals surface area contributed by atoms with Gasteiger partial charge in [-0.15, -0.1) is 0 Å². The lowest BCUT2D eigenvalue weighted by Crippen LogP contribution is -2.55. The maximum absolute atomic E-state index is 12.7. The predicted octanol–water partition coefficient (Wildman–Crippen LogP) is 11.8. The number of allylic oxidation sites excluding steroid dienone is 12. The third kappa shape index (κ3) is 40.0. The number of hydrogen-bond acceptors (Lipinski definition) is 7. The monoisotopic (exact) mass is 826 g/mol. The SMILES string of the molecule is CC/C=C/C=C/C=C/C=C/CCCCCCCC(=O)OC(COCCC(C(=O)[O-])[N+](C)(C)C)COC(=O)CCCCCCCCCCCC/C=C/C=C/CCCCCC. The number of likely N-dealkylation sites (N-methyl/N-ethyl adjacent to an activating group) is 1. The molecule has 0 saturated carbocycles. The Hall–Kier alpha value is -3.23. The van der Waals surface area contributed by atoms with Crippen LogP contribution in [-0.2, 0) is 28.6 Å². The van der Waals surface area contributed by atoms with E-state index in [1.807, 2.05) is 30.4 Å². The maximum Gasteiger partial charge on any atom is 0.306 e. The number of quaternary nitrogens is 1. The molecule has 0 spiro atoms. The molecule has 0 heterocycles. The zero-order valence-electron chi connectivity index (χ0n) is 38.4. The number of unbranched alkanes of at least 4 members (excludes halogenated alkanes) is 19. The molecule has 0 aromatic rings. The van der Waals surface area contributed by atoms with E-state index in [2.05, 4.69) is 56.4 Å². The van der Waals surface area contributed by atoms with E-state index < -0.39 is 18.1 Å². The largest absolute Gasteiger partial charge is 0.544 e. The first-order valence-electron chi connectivity index (χ1n) is 23.5. The number of aliphatic carboxylic acids is 1. The smallest absolute Gasteiger partial charge is 0.306 e. The number of nitrogens with zero attached hydrogens (tertiary/aromatic N) is 1. The molecule has 0 amide bonds. The number of carboxylic acid groups (broad SMARTS) is 1. The zero-order chi connectivity index (χ0) is 43.5. The number of esters is 2. The Morgan fingerprint density at radius 2 is 0.949 bits per heavy atom. The number of carbonyl (C=O) groups is 3. The molecule has 2 atom stereocenters. The van der Waals surface area contributed by atoms with Crippen LogP contribution in [0.25, 0.3) is 0 Å². The van der Waals surface area contributed by atoms with Crippen molar-refractivity contribution in [2.45, 2.75) is 193 Å². The summed E-state index contributed by atoms with van der Waals surface area (Å²) in [6.07, 6.45) is 52.1. The van der Waals surface area contributed by atoms with Crippen molar-refractivity contribution in [1.82, 2.24) is 0 Å². The van der Waals surface area contributed by atoms with Crippen molar-refractivity contribution in [2.75, 3.05) is 41.0 Å². The zero-order valence-corrected chi connectivity index (χ0v) is 38.4. The Balaban J connectivity index is 4.32. The molecule has 0 saturated heterocycles. The summed E-state index contributed by atoms with van der Waals surface area (Å²) >= 11 is 0. The van der Waals surface area contributed by atoms with Crippen LogP contribution in [0.3, 0.4) is 0 Å². The van der Waals surface area contributed by atoms with Crippen LogP contribution in [0.2, 0.25) is 0 Å². The van der Waals surface area contributed by atoms with Crippen molar-refractivity contribution in [1.29, 1.82) is 0 Å². The van der Waals surface area contributed by atoms with Crippen LogP contribution >= 0.6 is 0 Å². The van der Waals surface area contributed by atoms with E-state index in [4.69, 9.17) is 14.2 Å². The van der Waals surface area contributed by atoms with E-state index in [0.29, 0.717) is 12.8 Å².